The number of hydrogen-bond donors (Lipinski definition) is 2. The van der Waals surface area contributed by atoms with E-state index in [1.807, 2.05) is 18.7 Å². The number of nitrogens with one attached hydrogen (secondary N) is 1. The zero-order valence-corrected chi connectivity index (χ0v) is 25.6. The van der Waals surface area contributed by atoms with Crippen LogP contribution in [0.15, 0.2) is 48.7 Å². The molecule has 0 radical (unpaired) electrons. The molecule has 3 amide bonds. The van der Waals surface area contributed by atoms with Gasteiger partial charge in [-0.25, -0.2) is 4.39 Å². The van der Waals surface area contributed by atoms with E-state index >= 15 is 4.39 Å². The number of imide groups is 1. The van der Waals surface area contributed by atoms with Gasteiger partial charge in [-0.2, -0.15) is 0 Å². The number of hydrogen-bond acceptors (Lipinski definition) is 7. The Hall–Kier alpha value is -3.89. The van der Waals surface area contributed by atoms with E-state index in [-0.39, 0.29) is 29.2 Å². The van der Waals surface area contributed by atoms with E-state index in [1.165, 1.54) is 5.56 Å². The van der Waals surface area contributed by atoms with Gasteiger partial charge in [-0.3, -0.25) is 29.6 Å². The number of halogens is 1. The molecular weight excluding hydrogens is 561 g/mol. The lowest BCUT2D eigenvalue weighted by Crippen LogP contribution is -2.55. The number of aliphatic hydroxyl groups is 1. The molecule has 1 aromatic heterocycles. The zero-order chi connectivity index (χ0) is 31.2. The first kappa shape index (κ1) is 30.1. The maximum Gasteiger partial charge on any atom is 0.234 e. The summed E-state index contributed by atoms with van der Waals surface area (Å²) in [7, 11) is 0. The Balaban J connectivity index is 1.16. The average molecular weight is 602 g/mol. The van der Waals surface area contributed by atoms with Crippen molar-refractivity contribution in [3.63, 3.8) is 0 Å². The van der Waals surface area contributed by atoms with Gasteiger partial charge in [0.25, 0.3) is 0 Å². The summed E-state index contributed by atoms with van der Waals surface area (Å²) in [5.41, 5.74) is 1.50. The van der Waals surface area contributed by atoms with Gasteiger partial charge < -0.3 is 14.9 Å². The molecule has 232 valence electrons. The Morgan fingerprint density at radius 2 is 1.80 bits per heavy atom. The Labute approximate surface area is 257 Å². The second-order valence-corrected chi connectivity index (χ2v) is 13.1. The Bertz CT molecular complexity index is 1600. The van der Waals surface area contributed by atoms with Crippen LogP contribution < -0.4 is 10.2 Å². The van der Waals surface area contributed by atoms with E-state index in [1.54, 1.807) is 31.3 Å². The lowest BCUT2D eigenvalue weighted by atomic mass is 9.66. The van der Waals surface area contributed by atoms with Gasteiger partial charge in [0.1, 0.15) is 5.82 Å². The van der Waals surface area contributed by atoms with Crippen molar-refractivity contribution < 1.29 is 23.9 Å². The van der Waals surface area contributed by atoms with E-state index in [2.05, 4.69) is 44.4 Å². The second-order valence-electron chi connectivity index (χ2n) is 13.1. The summed E-state index contributed by atoms with van der Waals surface area (Å²) in [6.07, 6.45) is 2.51. The molecule has 3 fully saturated rings. The van der Waals surface area contributed by atoms with Gasteiger partial charge in [0.15, 0.2) is 0 Å². The first-order chi connectivity index (χ1) is 20.9. The number of amides is 3. The number of rotatable bonds is 5. The molecule has 10 heteroatoms. The summed E-state index contributed by atoms with van der Waals surface area (Å²) in [6, 6.07) is 13.5. The third-order valence-electron chi connectivity index (χ3n) is 9.87. The highest BCUT2D eigenvalue weighted by Crippen LogP contribution is 2.48. The fourth-order valence-corrected chi connectivity index (χ4v) is 7.11. The van der Waals surface area contributed by atoms with Gasteiger partial charge in [-0.15, -0.1) is 0 Å². The predicted octanol–water partition coefficient (Wildman–Crippen LogP) is 3.68. The van der Waals surface area contributed by atoms with Crippen LogP contribution >= 0.6 is 0 Å². The fourth-order valence-electron chi connectivity index (χ4n) is 7.11. The first-order valence-electron chi connectivity index (χ1n) is 15.4. The molecule has 44 heavy (non-hydrogen) atoms. The summed E-state index contributed by atoms with van der Waals surface area (Å²) in [6.45, 7) is 10.6. The second kappa shape index (κ2) is 11.6. The number of benzene rings is 2. The zero-order valence-electron chi connectivity index (χ0n) is 25.6. The van der Waals surface area contributed by atoms with Gasteiger partial charge in [0.2, 0.25) is 17.7 Å². The van der Waals surface area contributed by atoms with Crippen molar-refractivity contribution in [1.29, 1.82) is 0 Å². The van der Waals surface area contributed by atoms with Crippen LogP contribution in [0.5, 0.6) is 0 Å². The highest BCUT2D eigenvalue weighted by Gasteiger charge is 2.50. The average Bonchev–Trinajstić information content (AvgIpc) is 2.99. The highest BCUT2D eigenvalue weighted by atomic mass is 19.1. The van der Waals surface area contributed by atoms with Crippen LogP contribution in [-0.4, -0.2) is 76.9 Å². The van der Waals surface area contributed by atoms with Gasteiger partial charge >= 0.3 is 0 Å². The molecule has 2 aromatic carbocycles. The van der Waals surface area contributed by atoms with Crippen LogP contribution in [0.25, 0.3) is 10.9 Å². The number of pyridine rings is 1. The van der Waals surface area contributed by atoms with Crippen molar-refractivity contribution in [2.75, 3.05) is 44.2 Å². The Morgan fingerprint density at radius 1 is 1.07 bits per heavy atom. The van der Waals surface area contributed by atoms with Crippen LogP contribution in [0, 0.1) is 11.2 Å². The molecule has 2 atom stereocenters. The third kappa shape index (κ3) is 5.57. The fraction of sp³-hybridized carbons (Fsp3) is 0.471. The van der Waals surface area contributed by atoms with Crippen molar-refractivity contribution in [1.82, 2.24) is 20.1 Å². The molecule has 3 aromatic rings. The molecule has 9 nitrogen and oxygen atoms in total. The van der Waals surface area contributed by atoms with Gasteiger partial charge in [0, 0.05) is 87.4 Å². The Morgan fingerprint density at radius 3 is 2.45 bits per heavy atom. The number of anilines is 1. The predicted molar refractivity (Wildman–Crippen MR) is 165 cm³/mol. The summed E-state index contributed by atoms with van der Waals surface area (Å²) < 4.78 is 16.3. The standard InChI is InChI=1S/C34H40FN5O4/c1-22(41)39-14-16-40(17-15-39)25-6-4-23(5-7-25)20-38-13-12-34(44,33(2,3)21-38)28-9-10-29-27(31(28)35)18-24(19-36-29)26-8-11-30(42)37-32(26)43/h4-7,9-10,18-19,26,44H,8,11-17,20-21H2,1-3H3,(H,37,42,43)/t26?,34-/m0/s1. The van der Waals surface area contributed by atoms with Gasteiger partial charge in [0.05, 0.1) is 17.0 Å². The minimum atomic E-state index is -1.40. The van der Waals surface area contributed by atoms with E-state index in [4.69, 9.17) is 0 Å². The monoisotopic (exact) mass is 601 g/mol. The van der Waals surface area contributed by atoms with E-state index in [9.17, 15) is 19.5 Å². The van der Waals surface area contributed by atoms with Crippen LogP contribution in [0.2, 0.25) is 0 Å². The first-order valence-corrected chi connectivity index (χ1v) is 15.4. The van der Waals surface area contributed by atoms with Crippen LogP contribution in [0.1, 0.15) is 62.6 Å². The molecule has 6 rings (SSSR count). The van der Waals surface area contributed by atoms with E-state index < -0.39 is 28.7 Å². The van der Waals surface area contributed by atoms with Crippen molar-refractivity contribution in [3.05, 3.63) is 71.2 Å². The molecule has 0 bridgehead atoms. The molecule has 3 aliphatic rings. The number of piperidine rings is 2. The molecule has 2 N–H and O–H groups in total. The van der Waals surface area contributed by atoms with Crippen molar-refractivity contribution in [2.24, 2.45) is 5.41 Å². The van der Waals surface area contributed by atoms with Crippen LogP contribution in [0.3, 0.4) is 0 Å². The number of fused-ring (bicyclic) bond motifs is 1. The maximum absolute atomic E-state index is 16.3. The molecule has 0 saturated carbocycles. The lowest BCUT2D eigenvalue weighted by molar-refractivity contribution is -0.134. The third-order valence-corrected chi connectivity index (χ3v) is 9.87. The minimum absolute atomic E-state index is 0.121. The normalized spacial score (nSPS) is 24.4. The topological polar surface area (TPSA) is 106 Å². The van der Waals surface area contributed by atoms with E-state index in [0.29, 0.717) is 37.0 Å². The minimum Gasteiger partial charge on any atom is -0.384 e. The number of carbonyl (C=O) groups excluding carboxylic acids is 3. The number of likely N-dealkylation sites (tertiary alicyclic amines) is 1. The molecular formula is C34H40FN5O4. The number of aromatic nitrogens is 1. The van der Waals surface area contributed by atoms with E-state index in [0.717, 1.165) is 38.4 Å². The molecule has 3 aliphatic heterocycles. The number of nitrogens with zero attached hydrogens (tertiary/aromatic N) is 4. The van der Waals surface area contributed by atoms with Crippen molar-refractivity contribution >= 4 is 34.3 Å². The van der Waals surface area contributed by atoms with Gasteiger partial charge in [-0.05, 0) is 48.2 Å². The molecule has 4 heterocycles. The largest absolute Gasteiger partial charge is 0.384 e. The Kier molecular flexibility index (Phi) is 7.92. The smallest absolute Gasteiger partial charge is 0.234 e. The maximum atomic E-state index is 16.3. The lowest BCUT2D eigenvalue weighted by Gasteiger charge is -2.50. The SMILES string of the molecule is CC(=O)N1CCN(c2ccc(CN3CC[C@](O)(c4ccc5ncc(C6CCC(=O)NC6=O)cc5c4F)C(C)(C)C3)cc2)CC1. The van der Waals surface area contributed by atoms with Crippen LogP contribution in [0.4, 0.5) is 10.1 Å². The summed E-state index contributed by atoms with van der Waals surface area (Å²) in [4.78, 5) is 46.6. The number of piperazine rings is 1. The van der Waals surface area contributed by atoms with Gasteiger partial charge in [-0.1, -0.05) is 32.0 Å². The number of carbonyl (C=O) groups is 3. The summed E-state index contributed by atoms with van der Waals surface area (Å²) in [5, 5.41) is 14.7. The molecule has 0 spiro atoms. The molecule has 3 saturated heterocycles. The summed E-state index contributed by atoms with van der Waals surface area (Å²) >= 11 is 0. The van der Waals surface area contributed by atoms with Crippen LogP contribution in [-0.2, 0) is 26.5 Å². The summed E-state index contributed by atoms with van der Waals surface area (Å²) in [5.74, 6) is -1.67. The molecule has 1 unspecified atom stereocenters. The van der Waals surface area contributed by atoms with Crippen molar-refractivity contribution in [2.45, 2.75) is 58.1 Å². The van der Waals surface area contributed by atoms with Crippen molar-refractivity contribution in [3.8, 4) is 0 Å². The molecule has 0 aliphatic carbocycles. The highest BCUT2D eigenvalue weighted by molar-refractivity contribution is 6.01. The quantitative estimate of drug-likeness (QED) is 0.430.